The molecule has 1 heteroatoms. The lowest BCUT2D eigenvalue weighted by Crippen LogP contribution is -2.23. The Morgan fingerprint density at radius 2 is 1.46 bits per heavy atom. The van der Waals surface area contributed by atoms with Gasteiger partial charge in [-0.05, 0) is 38.8 Å². The average Bonchev–Trinajstić information content (AvgIpc) is 2.11. The third kappa shape index (κ3) is 2.03. The lowest BCUT2D eigenvalue weighted by Gasteiger charge is -2.25. The van der Waals surface area contributed by atoms with Gasteiger partial charge in [0.25, 0.3) is 0 Å². The van der Waals surface area contributed by atoms with Gasteiger partial charge in [-0.3, -0.25) is 0 Å². The van der Waals surface area contributed by atoms with Crippen molar-refractivity contribution in [1.82, 2.24) is 0 Å². The van der Waals surface area contributed by atoms with Crippen LogP contribution in [0.25, 0.3) is 0 Å². The van der Waals surface area contributed by atoms with Gasteiger partial charge in [0.1, 0.15) is 0 Å². The molecule has 1 aromatic rings. The second kappa shape index (κ2) is 4.31. The van der Waals surface area contributed by atoms with E-state index in [1.54, 1.807) is 0 Å². The summed E-state index contributed by atoms with van der Waals surface area (Å²) in [4.78, 5) is 2.41. The van der Waals surface area contributed by atoms with E-state index in [0.717, 1.165) is 13.1 Å². The molecule has 0 bridgehead atoms. The quantitative estimate of drug-likeness (QED) is 0.685. The molecule has 0 aliphatic carbocycles. The van der Waals surface area contributed by atoms with E-state index in [1.807, 2.05) is 0 Å². The number of anilines is 1. The molecule has 0 aromatic heterocycles. The van der Waals surface area contributed by atoms with Crippen LogP contribution in [0.3, 0.4) is 0 Å². The Bertz CT molecular complexity index is 254. The number of para-hydroxylation sites is 1. The van der Waals surface area contributed by atoms with Crippen molar-refractivity contribution in [3.05, 3.63) is 29.3 Å². The van der Waals surface area contributed by atoms with Crippen molar-refractivity contribution < 1.29 is 0 Å². The molecule has 0 N–H and O–H groups in total. The Kier molecular flexibility index (Phi) is 3.35. The molecule has 72 valence electrons. The van der Waals surface area contributed by atoms with E-state index in [1.165, 1.54) is 16.8 Å². The van der Waals surface area contributed by atoms with Gasteiger partial charge in [-0.25, -0.2) is 0 Å². The zero-order valence-electron chi connectivity index (χ0n) is 9.09. The molecule has 0 amide bonds. The van der Waals surface area contributed by atoms with Gasteiger partial charge in [0, 0.05) is 18.8 Å². The van der Waals surface area contributed by atoms with Crippen LogP contribution in [0.15, 0.2) is 18.2 Å². The Balaban J connectivity index is 3.10. The normalized spacial score (nSPS) is 10.2. The van der Waals surface area contributed by atoms with E-state index in [-0.39, 0.29) is 0 Å². The molecular formula is C12H19N. The molecule has 0 fully saturated rings. The first kappa shape index (κ1) is 10.1. The highest BCUT2D eigenvalue weighted by Crippen LogP contribution is 2.23. The van der Waals surface area contributed by atoms with E-state index >= 15 is 0 Å². The van der Waals surface area contributed by atoms with Crippen molar-refractivity contribution in [2.75, 3.05) is 18.0 Å². The summed E-state index contributed by atoms with van der Waals surface area (Å²) in [6.45, 7) is 10.9. The number of nitrogens with zero attached hydrogens (tertiary/aromatic N) is 1. The fourth-order valence-corrected chi connectivity index (χ4v) is 1.84. The van der Waals surface area contributed by atoms with Crippen LogP contribution in [0.1, 0.15) is 25.0 Å². The average molecular weight is 177 g/mol. The molecule has 0 saturated heterocycles. The van der Waals surface area contributed by atoms with Gasteiger partial charge in [0.2, 0.25) is 0 Å². The maximum absolute atomic E-state index is 2.41. The standard InChI is InChI=1S/C12H19N/c1-5-13(6-2)12-10(3)8-7-9-11(12)4/h7-9H,5-6H2,1-4H3. The van der Waals surface area contributed by atoms with E-state index in [2.05, 4.69) is 50.8 Å². The molecule has 0 atom stereocenters. The van der Waals surface area contributed by atoms with Crippen LogP contribution < -0.4 is 4.90 Å². The molecule has 0 aliphatic heterocycles. The topological polar surface area (TPSA) is 3.24 Å². The summed E-state index contributed by atoms with van der Waals surface area (Å²) in [7, 11) is 0. The first-order valence-corrected chi connectivity index (χ1v) is 5.01. The van der Waals surface area contributed by atoms with Gasteiger partial charge in [0.15, 0.2) is 0 Å². The highest BCUT2D eigenvalue weighted by Gasteiger charge is 2.07. The van der Waals surface area contributed by atoms with Gasteiger partial charge >= 0.3 is 0 Å². The van der Waals surface area contributed by atoms with Gasteiger partial charge < -0.3 is 4.90 Å². The largest absolute Gasteiger partial charge is 0.372 e. The van der Waals surface area contributed by atoms with Gasteiger partial charge in [-0.15, -0.1) is 0 Å². The second-order valence-electron chi connectivity index (χ2n) is 3.41. The zero-order valence-corrected chi connectivity index (χ0v) is 9.09. The summed E-state index contributed by atoms with van der Waals surface area (Å²) in [5.74, 6) is 0. The van der Waals surface area contributed by atoms with Crippen LogP contribution in [0, 0.1) is 13.8 Å². The number of aryl methyl sites for hydroxylation is 2. The second-order valence-corrected chi connectivity index (χ2v) is 3.41. The summed E-state index contributed by atoms with van der Waals surface area (Å²) in [5.41, 5.74) is 4.17. The monoisotopic (exact) mass is 177 g/mol. The summed E-state index contributed by atoms with van der Waals surface area (Å²) in [6, 6.07) is 6.49. The van der Waals surface area contributed by atoms with Crippen molar-refractivity contribution in [1.29, 1.82) is 0 Å². The zero-order chi connectivity index (χ0) is 9.84. The van der Waals surface area contributed by atoms with Crippen LogP contribution in [-0.2, 0) is 0 Å². The molecule has 1 rings (SSSR count). The maximum Gasteiger partial charge on any atom is 0.0425 e. The Hall–Kier alpha value is -0.980. The molecule has 0 heterocycles. The predicted molar refractivity (Wildman–Crippen MR) is 59.5 cm³/mol. The van der Waals surface area contributed by atoms with Crippen LogP contribution in [-0.4, -0.2) is 13.1 Å². The van der Waals surface area contributed by atoms with Gasteiger partial charge in [-0.2, -0.15) is 0 Å². The molecule has 0 unspecified atom stereocenters. The Morgan fingerprint density at radius 1 is 1.00 bits per heavy atom. The molecule has 1 nitrogen and oxygen atoms in total. The Labute approximate surface area is 81.4 Å². The molecule has 1 aromatic carbocycles. The Morgan fingerprint density at radius 3 is 1.85 bits per heavy atom. The van der Waals surface area contributed by atoms with Gasteiger partial charge in [0.05, 0.1) is 0 Å². The summed E-state index contributed by atoms with van der Waals surface area (Å²) in [6.07, 6.45) is 0. The summed E-state index contributed by atoms with van der Waals surface area (Å²) in [5, 5.41) is 0. The number of hydrogen-bond donors (Lipinski definition) is 0. The third-order valence-corrected chi connectivity index (χ3v) is 2.52. The van der Waals surface area contributed by atoms with Crippen LogP contribution in [0.2, 0.25) is 0 Å². The van der Waals surface area contributed by atoms with Crippen molar-refractivity contribution in [2.24, 2.45) is 0 Å². The van der Waals surface area contributed by atoms with E-state index in [4.69, 9.17) is 0 Å². The fraction of sp³-hybridized carbons (Fsp3) is 0.500. The lowest BCUT2D eigenvalue weighted by atomic mass is 10.1. The van der Waals surface area contributed by atoms with E-state index in [9.17, 15) is 0 Å². The lowest BCUT2D eigenvalue weighted by molar-refractivity contribution is 0.857. The number of benzene rings is 1. The summed E-state index contributed by atoms with van der Waals surface area (Å²) >= 11 is 0. The highest BCUT2D eigenvalue weighted by atomic mass is 15.1. The molecule has 0 saturated carbocycles. The first-order valence-electron chi connectivity index (χ1n) is 5.01. The first-order chi connectivity index (χ1) is 6.20. The van der Waals surface area contributed by atoms with Crippen LogP contribution in [0.5, 0.6) is 0 Å². The van der Waals surface area contributed by atoms with Crippen LogP contribution in [0.4, 0.5) is 5.69 Å². The van der Waals surface area contributed by atoms with Crippen molar-refractivity contribution in [2.45, 2.75) is 27.7 Å². The molecule has 0 aliphatic rings. The number of rotatable bonds is 3. The fourth-order valence-electron chi connectivity index (χ4n) is 1.84. The van der Waals surface area contributed by atoms with E-state index in [0.29, 0.717) is 0 Å². The minimum absolute atomic E-state index is 1.09. The van der Waals surface area contributed by atoms with Crippen molar-refractivity contribution in [3.8, 4) is 0 Å². The highest BCUT2D eigenvalue weighted by molar-refractivity contribution is 5.58. The molecule has 0 spiro atoms. The molecule has 13 heavy (non-hydrogen) atoms. The maximum atomic E-state index is 2.41. The summed E-state index contributed by atoms with van der Waals surface area (Å²) < 4.78 is 0. The van der Waals surface area contributed by atoms with Gasteiger partial charge in [-0.1, -0.05) is 18.2 Å². The van der Waals surface area contributed by atoms with E-state index < -0.39 is 0 Å². The smallest absolute Gasteiger partial charge is 0.0425 e. The van der Waals surface area contributed by atoms with Crippen molar-refractivity contribution >= 4 is 5.69 Å². The SMILES string of the molecule is CCN(CC)c1c(C)cccc1C. The minimum Gasteiger partial charge on any atom is -0.372 e. The van der Waals surface area contributed by atoms with Crippen molar-refractivity contribution in [3.63, 3.8) is 0 Å². The predicted octanol–water partition coefficient (Wildman–Crippen LogP) is 3.15. The number of hydrogen-bond acceptors (Lipinski definition) is 1. The van der Waals surface area contributed by atoms with Crippen LogP contribution >= 0.6 is 0 Å². The minimum atomic E-state index is 1.09. The third-order valence-electron chi connectivity index (χ3n) is 2.52. The molecule has 0 radical (unpaired) electrons. The molecular weight excluding hydrogens is 158 g/mol.